The van der Waals surface area contributed by atoms with E-state index in [0.29, 0.717) is 23.6 Å². The van der Waals surface area contributed by atoms with Gasteiger partial charge < -0.3 is 14.4 Å². The van der Waals surface area contributed by atoms with Crippen molar-refractivity contribution in [3.8, 4) is 6.07 Å². The van der Waals surface area contributed by atoms with Crippen molar-refractivity contribution in [2.75, 3.05) is 11.4 Å². The molecule has 2 spiro atoms. The van der Waals surface area contributed by atoms with Gasteiger partial charge in [0.1, 0.15) is 11.2 Å². The summed E-state index contributed by atoms with van der Waals surface area (Å²) in [6, 6.07) is 7.81. The number of rotatable bonds is 4. The van der Waals surface area contributed by atoms with Gasteiger partial charge in [0.05, 0.1) is 53.6 Å². The van der Waals surface area contributed by atoms with Crippen LogP contribution in [0.3, 0.4) is 0 Å². The number of carbonyl (C=O) groups is 1. The lowest BCUT2D eigenvalue weighted by molar-refractivity contribution is -0.0668. The first kappa shape index (κ1) is 22.9. The number of hydrogen-bond donors (Lipinski definition) is 1. The van der Waals surface area contributed by atoms with Gasteiger partial charge in [0.2, 0.25) is 0 Å². The summed E-state index contributed by atoms with van der Waals surface area (Å²) in [4.78, 5) is 27.9. The molecule has 2 aromatic heterocycles. The monoisotopic (exact) mass is 486 g/mol. The Morgan fingerprint density at radius 1 is 1.17 bits per heavy atom. The largest absolute Gasteiger partial charge is 0.441 e. The first-order valence-corrected chi connectivity index (χ1v) is 12.5. The molecule has 2 saturated carbocycles. The first-order chi connectivity index (χ1) is 17.1. The normalized spacial score (nSPS) is 27.0. The molecule has 1 amide bonds. The summed E-state index contributed by atoms with van der Waals surface area (Å²) in [5.74, 6) is 0.433. The average molecular weight is 487 g/mol. The molecular formula is C27H30N6O3. The Morgan fingerprint density at radius 2 is 1.94 bits per heavy atom. The number of fused-ring (bicyclic) bond motifs is 1. The van der Waals surface area contributed by atoms with Crippen LogP contribution in [0.1, 0.15) is 64.1 Å². The number of nitrogens with zero attached hydrogens (tertiary/aromatic N) is 6. The lowest BCUT2D eigenvalue weighted by Gasteiger charge is -2.49. The fraction of sp³-hybridized carbons (Fsp3) is 0.519. The third-order valence-corrected chi connectivity index (χ3v) is 8.69. The fourth-order valence-corrected chi connectivity index (χ4v) is 6.41. The zero-order valence-corrected chi connectivity index (χ0v) is 20.9. The quantitative estimate of drug-likeness (QED) is 0.584. The van der Waals surface area contributed by atoms with Crippen LogP contribution in [0.4, 0.5) is 10.6 Å². The highest BCUT2D eigenvalue weighted by Gasteiger charge is 2.65. The second kappa shape index (κ2) is 7.50. The summed E-state index contributed by atoms with van der Waals surface area (Å²) >= 11 is 0. The van der Waals surface area contributed by atoms with Gasteiger partial charge >= 0.3 is 6.09 Å². The SMILES string of the molecule is CC(C)(O)c1cnc(N2C[C@]3(CCC4(CC4)[C@@](C)(Cn4cnc5ccc(C#N)cc54)C3)OC2=O)cn1. The lowest BCUT2D eigenvalue weighted by atomic mass is 9.59. The van der Waals surface area contributed by atoms with Gasteiger partial charge in [-0.05, 0) is 75.0 Å². The van der Waals surface area contributed by atoms with Gasteiger partial charge in [-0.1, -0.05) is 6.92 Å². The van der Waals surface area contributed by atoms with Gasteiger partial charge in [0.25, 0.3) is 0 Å². The van der Waals surface area contributed by atoms with Crippen molar-refractivity contribution in [3.05, 3.63) is 48.2 Å². The highest BCUT2D eigenvalue weighted by atomic mass is 16.6. The summed E-state index contributed by atoms with van der Waals surface area (Å²) in [7, 11) is 0. The maximum atomic E-state index is 13.0. The Hall–Kier alpha value is -3.51. The molecular weight excluding hydrogens is 456 g/mol. The third-order valence-electron chi connectivity index (χ3n) is 8.69. The predicted octanol–water partition coefficient (Wildman–Crippen LogP) is 4.29. The van der Waals surface area contributed by atoms with Crippen LogP contribution in [0.25, 0.3) is 11.0 Å². The molecule has 3 aliphatic rings. The maximum Gasteiger partial charge on any atom is 0.416 e. The van der Waals surface area contributed by atoms with Crippen LogP contribution in [0.2, 0.25) is 0 Å². The second-order valence-electron chi connectivity index (χ2n) is 11.7. The standard InChI is InChI=1S/C27H30N6O3/c1-24(2,35)21-12-30-22(13-29-21)33-16-27(36-23(33)34)9-8-26(6-7-26)25(3,14-27)15-32-17-31-19-5-4-18(11-28)10-20(19)32/h4-5,10,12-13,17,35H,6-9,14-16H2,1-3H3/t25-,27-/m1/s1. The molecule has 9 heteroatoms. The van der Waals surface area contributed by atoms with Crippen LogP contribution in [0.15, 0.2) is 36.9 Å². The minimum absolute atomic E-state index is 0.103. The zero-order valence-electron chi connectivity index (χ0n) is 20.9. The summed E-state index contributed by atoms with van der Waals surface area (Å²) in [5, 5.41) is 19.6. The number of hydrogen-bond acceptors (Lipinski definition) is 7. The van der Waals surface area contributed by atoms with Crippen LogP contribution in [-0.4, -0.2) is 42.9 Å². The van der Waals surface area contributed by atoms with E-state index in [1.807, 2.05) is 18.5 Å². The van der Waals surface area contributed by atoms with Crippen molar-refractivity contribution in [2.24, 2.45) is 10.8 Å². The number of ether oxygens (including phenoxy) is 1. The van der Waals surface area contributed by atoms with E-state index in [0.717, 1.165) is 36.8 Å². The number of anilines is 1. The van der Waals surface area contributed by atoms with E-state index >= 15 is 0 Å². The summed E-state index contributed by atoms with van der Waals surface area (Å²) in [5.41, 5.74) is 1.33. The fourth-order valence-electron chi connectivity index (χ4n) is 6.41. The van der Waals surface area contributed by atoms with E-state index in [1.165, 1.54) is 25.2 Å². The summed E-state index contributed by atoms with van der Waals surface area (Å²) in [6.45, 7) is 6.79. The highest BCUT2D eigenvalue weighted by Crippen LogP contribution is 2.69. The van der Waals surface area contributed by atoms with Crippen molar-refractivity contribution in [2.45, 2.75) is 70.6 Å². The summed E-state index contributed by atoms with van der Waals surface area (Å²) < 4.78 is 8.27. The molecule has 0 unspecified atom stereocenters. The van der Waals surface area contributed by atoms with Crippen LogP contribution in [-0.2, 0) is 16.9 Å². The van der Waals surface area contributed by atoms with Gasteiger partial charge in [-0.2, -0.15) is 5.26 Å². The molecule has 2 atom stereocenters. The molecule has 1 aromatic carbocycles. The Balaban J connectivity index is 1.28. The minimum Gasteiger partial charge on any atom is -0.441 e. The van der Waals surface area contributed by atoms with Gasteiger partial charge in [-0.3, -0.25) is 9.88 Å². The molecule has 3 heterocycles. The Labute approximate surface area is 209 Å². The zero-order chi connectivity index (χ0) is 25.3. The smallest absolute Gasteiger partial charge is 0.416 e. The molecule has 36 heavy (non-hydrogen) atoms. The molecule has 0 radical (unpaired) electrons. The predicted molar refractivity (Wildman–Crippen MR) is 132 cm³/mol. The molecule has 3 aromatic rings. The molecule has 186 valence electrons. The number of benzene rings is 1. The van der Waals surface area contributed by atoms with Crippen LogP contribution in [0.5, 0.6) is 0 Å². The second-order valence-corrected chi connectivity index (χ2v) is 11.7. The van der Waals surface area contributed by atoms with Crippen molar-refractivity contribution in [1.82, 2.24) is 19.5 Å². The van der Waals surface area contributed by atoms with Gasteiger partial charge in [-0.15, -0.1) is 0 Å². The van der Waals surface area contributed by atoms with E-state index in [4.69, 9.17) is 4.74 Å². The molecule has 0 bridgehead atoms. The van der Waals surface area contributed by atoms with E-state index in [2.05, 4.69) is 32.5 Å². The molecule has 1 aliphatic heterocycles. The number of aliphatic hydroxyl groups is 1. The Morgan fingerprint density at radius 3 is 2.61 bits per heavy atom. The van der Waals surface area contributed by atoms with E-state index in [9.17, 15) is 15.2 Å². The average Bonchev–Trinajstić information content (AvgIpc) is 3.45. The van der Waals surface area contributed by atoms with Gasteiger partial charge in [0.15, 0.2) is 5.82 Å². The topological polar surface area (TPSA) is 117 Å². The van der Waals surface area contributed by atoms with E-state index < -0.39 is 17.3 Å². The minimum atomic E-state index is -1.10. The molecule has 6 rings (SSSR count). The third kappa shape index (κ3) is 3.54. The maximum absolute atomic E-state index is 13.0. The first-order valence-electron chi connectivity index (χ1n) is 12.5. The Bertz CT molecular complexity index is 1400. The molecule has 2 aliphatic carbocycles. The van der Waals surface area contributed by atoms with Crippen molar-refractivity contribution < 1.29 is 14.6 Å². The van der Waals surface area contributed by atoms with Crippen LogP contribution in [0, 0.1) is 22.2 Å². The highest BCUT2D eigenvalue weighted by molar-refractivity contribution is 5.89. The number of aromatic nitrogens is 4. The van der Waals surface area contributed by atoms with E-state index in [-0.39, 0.29) is 10.8 Å². The van der Waals surface area contributed by atoms with Gasteiger partial charge in [0, 0.05) is 6.54 Å². The lowest BCUT2D eigenvalue weighted by Crippen LogP contribution is -2.50. The van der Waals surface area contributed by atoms with Crippen LogP contribution < -0.4 is 4.90 Å². The number of carbonyl (C=O) groups excluding carboxylic acids is 1. The molecule has 1 saturated heterocycles. The number of nitriles is 1. The summed E-state index contributed by atoms with van der Waals surface area (Å²) in [6.07, 6.45) is 9.43. The molecule has 3 fully saturated rings. The van der Waals surface area contributed by atoms with Gasteiger partial charge in [-0.25, -0.2) is 14.8 Å². The van der Waals surface area contributed by atoms with Crippen molar-refractivity contribution in [1.29, 1.82) is 5.26 Å². The van der Waals surface area contributed by atoms with E-state index in [1.54, 1.807) is 24.8 Å². The van der Waals surface area contributed by atoms with Crippen LogP contribution >= 0.6 is 0 Å². The number of amides is 1. The molecule has 1 N–H and O–H groups in total. The van der Waals surface area contributed by atoms with Crippen molar-refractivity contribution in [3.63, 3.8) is 0 Å². The number of imidazole rings is 1. The van der Waals surface area contributed by atoms with Crippen molar-refractivity contribution >= 4 is 22.9 Å². The Kier molecular flexibility index (Phi) is 4.77. The molecule has 9 nitrogen and oxygen atoms in total.